The number of likely N-dealkylation sites (N-methyl/N-ethyl adjacent to an activating group) is 1. The molecule has 0 saturated heterocycles. The van der Waals surface area contributed by atoms with Crippen molar-refractivity contribution in [2.24, 2.45) is 0 Å². The number of halogens is 1. The lowest BCUT2D eigenvalue weighted by molar-refractivity contribution is 0.174. The molecule has 2 heterocycles. The third kappa shape index (κ3) is 3.31. The topological polar surface area (TPSA) is 21.7 Å². The highest BCUT2D eigenvalue weighted by Gasteiger charge is 2.12. The van der Waals surface area contributed by atoms with Gasteiger partial charge in [0.25, 0.3) is 0 Å². The van der Waals surface area contributed by atoms with E-state index in [0.29, 0.717) is 6.79 Å². The van der Waals surface area contributed by atoms with Crippen molar-refractivity contribution in [1.82, 2.24) is 4.90 Å². The minimum atomic E-state index is 0. The van der Waals surface area contributed by atoms with Gasteiger partial charge in [0.2, 0.25) is 6.79 Å². The Labute approximate surface area is 119 Å². The zero-order chi connectivity index (χ0) is 12.4. The molecule has 1 aromatic rings. The van der Waals surface area contributed by atoms with Crippen LogP contribution in [0.4, 0.5) is 0 Å². The number of nitrogens with zero attached hydrogens (tertiary/aromatic N) is 1. The number of rotatable bonds is 2. The first-order valence-electron chi connectivity index (χ1n) is 6.26. The molecule has 4 heteroatoms. The van der Waals surface area contributed by atoms with Crippen molar-refractivity contribution in [3.05, 3.63) is 41.5 Å². The van der Waals surface area contributed by atoms with Crippen molar-refractivity contribution >= 4 is 18.5 Å². The quantitative estimate of drug-likeness (QED) is 0.830. The maximum atomic E-state index is 5.37. The van der Waals surface area contributed by atoms with E-state index in [0.717, 1.165) is 36.6 Å². The van der Waals surface area contributed by atoms with Gasteiger partial charge >= 0.3 is 0 Å². The Balaban J connectivity index is 0.00000133. The first-order chi connectivity index (χ1) is 8.81. The van der Waals surface area contributed by atoms with Gasteiger partial charge in [0, 0.05) is 13.1 Å². The molecule has 0 radical (unpaired) electrons. The van der Waals surface area contributed by atoms with Crippen LogP contribution >= 0.6 is 12.4 Å². The smallest absolute Gasteiger partial charge is 0.231 e. The molecule has 0 amide bonds. The van der Waals surface area contributed by atoms with Crippen LogP contribution in [0.25, 0.3) is 6.08 Å². The lowest BCUT2D eigenvalue weighted by Crippen LogP contribution is -2.23. The van der Waals surface area contributed by atoms with E-state index in [2.05, 4.69) is 36.2 Å². The summed E-state index contributed by atoms with van der Waals surface area (Å²) in [6, 6.07) is 6.04. The second kappa shape index (κ2) is 6.13. The average molecular weight is 280 g/mol. The zero-order valence-corrected chi connectivity index (χ0v) is 11.8. The van der Waals surface area contributed by atoms with E-state index in [9.17, 15) is 0 Å². The Bertz CT molecular complexity index is 511. The van der Waals surface area contributed by atoms with Gasteiger partial charge in [-0.1, -0.05) is 24.3 Å². The zero-order valence-electron chi connectivity index (χ0n) is 11.0. The summed E-state index contributed by atoms with van der Waals surface area (Å²) in [6.07, 6.45) is 7.74. The number of hydrogen-bond acceptors (Lipinski definition) is 3. The van der Waals surface area contributed by atoms with Gasteiger partial charge in [-0.15, -0.1) is 12.4 Å². The fourth-order valence-corrected chi connectivity index (χ4v) is 2.16. The van der Waals surface area contributed by atoms with Crippen LogP contribution in [0.2, 0.25) is 0 Å². The van der Waals surface area contributed by atoms with Crippen LogP contribution in [-0.4, -0.2) is 31.8 Å². The summed E-state index contributed by atoms with van der Waals surface area (Å²) >= 11 is 0. The van der Waals surface area contributed by atoms with Gasteiger partial charge in [0.05, 0.1) is 0 Å². The Morgan fingerprint density at radius 2 is 2.00 bits per heavy atom. The predicted octanol–water partition coefficient (Wildman–Crippen LogP) is 3.11. The van der Waals surface area contributed by atoms with Crippen molar-refractivity contribution in [3.8, 4) is 11.5 Å². The van der Waals surface area contributed by atoms with Crippen molar-refractivity contribution in [1.29, 1.82) is 0 Å². The van der Waals surface area contributed by atoms with Gasteiger partial charge < -0.3 is 14.4 Å². The molecule has 1 aromatic carbocycles. The van der Waals surface area contributed by atoms with E-state index in [1.54, 1.807) is 0 Å². The normalized spacial score (nSPS) is 18.3. The van der Waals surface area contributed by atoms with Crippen molar-refractivity contribution in [2.75, 3.05) is 26.9 Å². The molecular weight excluding hydrogens is 262 g/mol. The lowest BCUT2D eigenvalue weighted by atomic mass is 10.1. The van der Waals surface area contributed by atoms with E-state index in [4.69, 9.17) is 9.47 Å². The second-order valence-electron chi connectivity index (χ2n) is 4.74. The van der Waals surface area contributed by atoms with Crippen LogP contribution in [0, 0.1) is 0 Å². The van der Waals surface area contributed by atoms with Crippen molar-refractivity contribution in [3.63, 3.8) is 0 Å². The molecule has 2 aliphatic rings. The minimum absolute atomic E-state index is 0. The van der Waals surface area contributed by atoms with E-state index < -0.39 is 0 Å². The molecular formula is C15H18ClNO2. The fraction of sp³-hybridized carbons (Fsp3) is 0.333. The summed E-state index contributed by atoms with van der Waals surface area (Å²) in [6.45, 7) is 2.51. The standard InChI is InChI=1S/C15H17NO2.ClH/c1-16-8-6-12(7-9-16)2-3-13-4-5-14-15(10-13)18-11-17-14;/h2-6,10H,7-9,11H2,1H3;1H. The Hall–Kier alpha value is -1.45. The molecule has 2 aliphatic heterocycles. The molecule has 0 spiro atoms. The molecule has 0 N–H and O–H groups in total. The third-order valence-electron chi connectivity index (χ3n) is 3.33. The van der Waals surface area contributed by atoms with Crippen LogP contribution in [0.3, 0.4) is 0 Å². The Kier molecular flexibility index (Phi) is 4.51. The summed E-state index contributed by atoms with van der Waals surface area (Å²) in [5.41, 5.74) is 2.56. The molecule has 0 aromatic heterocycles. The highest BCUT2D eigenvalue weighted by molar-refractivity contribution is 5.85. The summed E-state index contributed by atoms with van der Waals surface area (Å²) < 4.78 is 10.7. The first kappa shape index (κ1) is 14.0. The molecule has 0 atom stereocenters. The van der Waals surface area contributed by atoms with E-state index >= 15 is 0 Å². The molecule has 102 valence electrons. The van der Waals surface area contributed by atoms with E-state index in [1.807, 2.05) is 12.1 Å². The summed E-state index contributed by atoms with van der Waals surface area (Å²) in [4.78, 5) is 2.32. The third-order valence-corrected chi connectivity index (χ3v) is 3.33. The van der Waals surface area contributed by atoms with E-state index in [-0.39, 0.29) is 12.4 Å². The largest absolute Gasteiger partial charge is 0.454 e. The number of hydrogen-bond donors (Lipinski definition) is 0. The Morgan fingerprint density at radius 3 is 2.79 bits per heavy atom. The van der Waals surface area contributed by atoms with Crippen LogP contribution in [-0.2, 0) is 0 Å². The highest BCUT2D eigenvalue weighted by Crippen LogP contribution is 2.32. The van der Waals surface area contributed by atoms with Gasteiger partial charge in [-0.05, 0) is 36.7 Å². The fourth-order valence-electron chi connectivity index (χ4n) is 2.16. The second-order valence-corrected chi connectivity index (χ2v) is 4.74. The highest BCUT2D eigenvalue weighted by atomic mass is 35.5. The van der Waals surface area contributed by atoms with Gasteiger partial charge in [-0.2, -0.15) is 0 Å². The van der Waals surface area contributed by atoms with Gasteiger partial charge in [0.15, 0.2) is 11.5 Å². The molecule has 3 nitrogen and oxygen atoms in total. The van der Waals surface area contributed by atoms with Crippen LogP contribution in [0.1, 0.15) is 12.0 Å². The van der Waals surface area contributed by atoms with Crippen LogP contribution in [0.15, 0.2) is 35.9 Å². The maximum absolute atomic E-state index is 5.37. The predicted molar refractivity (Wildman–Crippen MR) is 79.0 cm³/mol. The first-order valence-corrected chi connectivity index (χ1v) is 6.26. The Morgan fingerprint density at radius 1 is 1.16 bits per heavy atom. The number of allylic oxidation sites excluding steroid dienone is 1. The molecule has 0 bridgehead atoms. The molecule has 0 aliphatic carbocycles. The van der Waals surface area contributed by atoms with E-state index in [1.165, 1.54) is 5.57 Å². The van der Waals surface area contributed by atoms with Gasteiger partial charge in [-0.25, -0.2) is 0 Å². The number of fused-ring (bicyclic) bond motifs is 1. The molecule has 3 rings (SSSR count). The molecule has 0 fully saturated rings. The lowest BCUT2D eigenvalue weighted by Gasteiger charge is -2.20. The van der Waals surface area contributed by atoms with Gasteiger partial charge in [-0.3, -0.25) is 0 Å². The van der Waals surface area contributed by atoms with Crippen LogP contribution < -0.4 is 9.47 Å². The average Bonchev–Trinajstić information content (AvgIpc) is 2.85. The summed E-state index contributed by atoms with van der Waals surface area (Å²) in [5.74, 6) is 1.68. The molecule has 0 unspecified atom stereocenters. The number of benzene rings is 1. The van der Waals surface area contributed by atoms with Crippen molar-refractivity contribution in [2.45, 2.75) is 6.42 Å². The summed E-state index contributed by atoms with van der Waals surface area (Å²) in [7, 11) is 2.15. The summed E-state index contributed by atoms with van der Waals surface area (Å²) in [5, 5.41) is 0. The molecule has 0 saturated carbocycles. The SMILES string of the molecule is CN1CC=C(C=Cc2ccc3c(c2)OCO3)CC1.Cl. The molecule has 19 heavy (non-hydrogen) atoms. The maximum Gasteiger partial charge on any atom is 0.231 e. The number of ether oxygens (including phenoxy) is 2. The van der Waals surface area contributed by atoms with Gasteiger partial charge in [0.1, 0.15) is 0 Å². The minimum Gasteiger partial charge on any atom is -0.454 e. The van der Waals surface area contributed by atoms with Crippen LogP contribution in [0.5, 0.6) is 11.5 Å². The monoisotopic (exact) mass is 279 g/mol. The van der Waals surface area contributed by atoms with Crippen molar-refractivity contribution < 1.29 is 9.47 Å².